The van der Waals surface area contributed by atoms with Gasteiger partial charge >= 0.3 is 0 Å². The maximum Gasteiger partial charge on any atom is 0.280 e. The molecule has 0 saturated heterocycles. The number of aromatic nitrogens is 2. The molecule has 0 radical (unpaired) electrons. The van der Waals surface area contributed by atoms with Crippen molar-refractivity contribution in [1.82, 2.24) is 9.55 Å². The minimum absolute atomic E-state index is 0.157. The first kappa shape index (κ1) is 13.3. The first-order valence-electron chi connectivity index (χ1n) is 6.80. The number of pyridine rings is 1. The summed E-state index contributed by atoms with van der Waals surface area (Å²) in [5.74, 6) is 0.441. The number of halogens is 1. The van der Waals surface area contributed by atoms with Crippen LogP contribution in [0.15, 0.2) is 62.2 Å². The van der Waals surface area contributed by atoms with Crippen molar-refractivity contribution in [2.75, 3.05) is 0 Å². The monoisotopic (exact) mass is 354 g/mol. The normalized spacial score (nSPS) is 11.4. The van der Waals surface area contributed by atoms with Crippen molar-refractivity contribution in [2.24, 2.45) is 7.05 Å². The summed E-state index contributed by atoms with van der Waals surface area (Å²) in [6.07, 6.45) is 0. The van der Waals surface area contributed by atoms with Crippen LogP contribution in [-0.4, -0.2) is 9.55 Å². The minimum Gasteiger partial charge on any atom is -0.435 e. The first-order valence-corrected chi connectivity index (χ1v) is 7.59. The fourth-order valence-corrected chi connectivity index (χ4v) is 3.08. The number of aryl methyl sites for hydroxylation is 1. The molecule has 4 rings (SSSR count). The second-order valence-corrected chi connectivity index (χ2v) is 5.91. The van der Waals surface area contributed by atoms with Gasteiger partial charge in [0.2, 0.25) is 5.89 Å². The zero-order valence-electron chi connectivity index (χ0n) is 11.7. The van der Waals surface area contributed by atoms with Crippen LogP contribution in [0, 0.1) is 0 Å². The van der Waals surface area contributed by atoms with E-state index in [1.165, 1.54) is 0 Å². The molecule has 0 aliphatic heterocycles. The van der Waals surface area contributed by atoms with Crippen LogP contribution in [0.5, 0.6) is 0 Å². The van der Waals surface area contributed by atoms with Crippen molar-refractivity contribution >= 4 is 37.9 Å². The molecule has 0 atom stereocenters. The molecule has 22 heavy (non-hydrogen) atoms. The highest BCUT2D eigenvalue weighted by Crippen LogP contribution is 2.31. The SMILES string of the molecule is Cn1c(=O)c2nc(-c3ccccc3Br)oc2c2ccccc21. The topological polar surface area (TPSA) is 48.0 Å². The van der Waals surface area contributed by atoms with Gasteiger partial charge in [-0.25, -0.2) is 4.98 Å². The molecule has 0 bridgehead atoms. The summed E-state index contributed by atoms with van der Waals surface area (Å²) in [6, 6.07) is 15.3. The van der Waals surface area contributed by atoms with Gasteiger partial charge in [-0.1, -0.05) is 24.3 Å². The largest absolute Gasteiger partial charge is 0.435 e. The van der Waals surface area contributed by atoms with Crippen molar-refractivity contribution in [3.63, 3.8) is 0 Å². The molecule has 0 aliphatic carbocycles. The molecule has 5 heteroatoms. The summed E-state index contributed by atoms with van der Waals surface area (Å²) in [6.45, 7) is 0. The Bertz CT molecular complexity index is 1080. The lowest BCUT2D eigenvalue weighted by Crippen LogP contribution is -2.17. The van der Waals surface area contributed by atoms with Crippen LogP contribution in [0.2, 0.25) is 0 Å². The molecule has 0 aliphatic rings. The Morgan fingerprint density at radius 2 is 1.82 bits per heavy atom. The van der Waals surface area contributed by atoms with E-state index in [1.807, 2.05) is 48.5 Å². The van der Waals surface area contributed by atoms with Gasteiger partial charge in [-0.3, -0.25) is 4.79 Å². The Kier molecular flexibility index (Phi) is 2.90. The average molecular weight is 355 g/mol. The van der Waals surface area contributed by atoms with E-state index in [4.69, 9.17) is 4.42 Å². The lowest BCUT2D eigenvalue weighted by Gasteiger charge is -2.03. The van der Waals surface area contributed by atoms with Gasteiger partial charge in [-0.15, -0.1) is 0 Å². The molecule has 4 nitrogen and oxygen atoms in total. The summed E-state index contributed by atoms with van der Waals surface area (Å²) in [5, 5.41) is 0.880. The predicted molar refractivity (Wildman–Crippen MR) is 89.9 cm³/mol. The van der Waals surface area contributed by atoms with Crippen molar-refractivity contribution in [3.05, 3.63) is 63.4 Å². The number of nitrogens with zero attached hydrogens (tertiary/aromatic N) is 2. The van der Waals surface area contributed by atoms with E-state index in [1.54, 1.807) is 11.6 Å². The highest BCUT2D eigenvalue weighted by Gasteiger charge is 2.17. The lowest BCUT2D eigenvalue weighted by molar-refractivity contribution is 0.622. The third-order valence-corrected chi connectivity index (χ3v) is 4.44. The highest BCUT2D eigenvalue weighted by atomic mass is 79.9. The predicted octanol–water partition coefficient (Wildman–Crippen LogP) is 4.11. The van der Waals surface area contributed by atoms with E-state index in [0.717, 1.165) is 20.9 Å². The Hall–Kier alpha value is -2.40. The van der Waals surface area contributed by atoms with E-state index in [9.17, 15) is 4.79 Å². The summed E-state index contributed by atoms with van der Waals surface area (Å²) in [7, 11) is 1.75. The molecule has 2 heterocycles. The third kappa shape index (κ3) is 1.82. The molecule has 0 unspecified atom stereocenters. The number of para-hydroxylation sites is 1. The van der Waals surface area contributed by atoms with Gasteiger partial charge < -0.3 is 8.98 Å². The molecule has 0 saturated carbocycles. The summed E-state index contributed by atoms with van der Waals surface area (Å²) >= 11 is 3.49. The second-order valence-electron chi connectivity index (χ2n) is 5.06. The number of hydrogen-bond donors (Lipinski definition) is 0. The van der Waals surface area contributed by atoms with Crippen LogP contribution in [0.25, 0.3) is 33.5 Å². The second kappa shape index (κ2) is 4.81. The standard InChI is InChI=1S/C17H11BrN2O2/c1-20-13-9-5-3-7-11(13)15-14(17(20)21)19-16(22-15)10-6-2-4-8-12(10)18/h2-9H,1H3. The van der Waals surface area contributed by atoms with Crippen molar-refractivity contribution < 1.29 is 4.42 Å². The van der Waals surface area contributed by atoms with Gasteiger partial charge in [0.15, 0.2) is 11.1 Å². The average Bonchev–Trinajstić information content (AvgIpc) is 2.98. The maximum atomic E-state index is 12.5. The fraction of sp³-hybridized carbons (Fsp3) is 0.0588. The molecule has 0 N–H and O–H groups in total. The van der Waals surface area contributed by atoms with Crippen molar-refractivity contribution in [2.45, 2.75) is 0 Å². The molecule has 0 amide bonds. The molecule has 0 spiro atoms. The van der Waals surface area contributed by atoms with Crippen LogP contribution < -0.4 is 5.56 Å². The van der Waals surface area contributed by atoms with E-state index < -0.39 is 0 Å². The number of rotatable bonds is 1. The van der Waals surface area contributed by atoms with Crippen LogP contribution >= 0.6 is 15.9 Å². The number of hydrogen-bond acceptors (Lipinski definition) is 3. The van der Waals surface area contributed by atoms with Gasteiger partial charge in [0, 0.05) is 16.9 Å². The minimum atomic E-state index is -0.157. The summed E-state index contributed by atoms with van der Waals surface area (Å²) in [4.78, 5) is 16.9. The Labute approximate surface area is 134 Å². The van der Waals surface area contributed by atoms with Crippen molar-refractivity contribution in [1.29, 1.82) is 0 Å². The van der Waals surface area contributed by atoms with Gasteiger partial charge in [0.25, 0.3) is 5.56 Å². The number of benzene rings is 2. The number of fused-ring (bicyclic) bond motifs is 3. The lowest BCUT2D eigenvalue weighted by atomic mass is 10.2. The highest BCUT2D eigenvalue weighted by molar-refractivity contribution is 9.10. The van der Waals surface area contributed by atoms with E-state index in [-0.39, 0.29) is 5.56 Å². The van der Waals surface area contributed by atoms with Gasteiger partial charge in [-0.2, -0.15) is 0 Å². The Morgan fingerprint density at radius 3 is 2.64 bits per heavy atom. The van der Waals surface area contributed by atoms with Crippen LogP contribution in [0.4, 0.5) is 0 Å². The molecule has 4 aromatic rings. The summed E-state index contributed by atoms with van der Waals surface area (Å²) < 4.78 is 8.41. The molecule has 0 fully saturated rings. The zero-order chi connectivity index (χ0) is 15.3. The molecule has 108 valence electrons. The molecule has 2 aromatic carbocycles. The maximum absolute atomic E-state index is 12.5. The van der Waals surface area contributed by atoms with Crippen LogP contribution in [0.1, 0.15) is 0 Å². The zero-order valence-corrected chi connectivity index (χ0v) is 13.3. The quantitative estimate of drug-likeness (QED) is 0.516. The van der Waals surface area contributed by atoms with Crippen molar-refractivity contribution in [3.8, 4) is 11.5 Å². The smallest absolute Gasteiger partial charge is 0.280 e. The Balaban J connectivity index is 2.15. The first-order chi connectivity index (χ1) is 10.7. The summed E-state index contributed by atoms with van der Waals surface area (Å²) in [5.41, 5.74) is 2.38. The molecular weight excluding hydrogens is 344 g/mol. The van der Waals surface area contributed by atoms with E-state index >= 15 is 0 Å². The van der Waals surface area contributed by atoms with Gasteiger partial charge in [0.1, 0.15) is 0 Å². The van der Waals surface area contributed by atoms with E-state index in [2.05, 4.69) is 20.9 Å². The molecule has 2 aromatic heterocycles. The Morgan fingerprint density at radius 1 is 1.09 bits per heavy atom. The van der Waals surface area contributed by atoms with Crippen LogP contribution in [0.3, 0.4) is 0 Å². The fourth-order valence-electron chi connectivity index (χ4n) is 2.62. The van der Waals surface area contributed by atoms with Crippen LogP contribution in [-0.2, 0) is 7.05 Å². The van der Waals surface area contributed by atoms with Gasteiger partial charge in [0.05, 0.1) is 11.1 Å². The third-order valence-electron chi connectivity index (χ3n) is 3.75. The van der Waals surface area contributed by atoms with Gasteiger partial charge in [-0.05, 0) is 40.2 Å². The molecular formula is C17H11BrN2O2. The van der Waals surface area contributed by atoms with E-state index in [0.29, 0.717) is 17.0 Å². The number of oxazole rings is 1.